The number of aryl methyl sites for hydroxylation is 2. The smallest absolute Gasteiger partial charge is 0.255 e. The topological polar surface area (TPSA) is 58.2 Å². The van der Waals surface area contributed by atoms with Gasteiger partial charge in [0.2, 0.25) is 5.91 Å². The van der Waals surface area contributed by atoms with Crippen LogP contribution in [0.1, 0.15) is 46.4 Å². The Morgan fingerprint density at radius 2 is 1.53 bits per heavy atom. The number of hydrogen-bond acceptors (Lipinski definition) is 2. The maximum Gasteiger partial charge on any atom is 0.255 e. The molecule has 0 aliphatic heterocycles. The average Bonchev–Trinajstić information content (AvgIpc) is 2.74. The molecule has 3 aromatic carbocycles. The van der Waals surface area contributed by atoms with Gasteiger partial charge in [0.05, 0.1) is 6.04 Å². The molecule has 2 N–H and O–H groups in total. The van der Waals surface area contributed by atoms with Crippen molar-refractivity contribution in [2.24, 2.45) is 0 Å². The summed E-state index contributed by atoms with van der Waals surface area (Å²) in [6.45, 7) is 3.97. The lowest BCUT2D eigenvalue weighted by atomic mass is 10.1. The monoisotopic (exact) mass is 404 g/mol. The highest BCUT2D eigenvalue weighted by molar-refractivity contribution is 6.04. The first-order valence-electron chi connectivity index (χ1n) is 9.92. The molecule has 4 nitrogen and oxygen atoms in total. The SMILES string of the molecule is Cc1ccc(CCC(=O)NC(C)c2ccc(NC(=O)c3ccc(F)cc3)cc2)cc1. The fraction of sp³-hybridized carbons (Fsp3) is 0.200. The number of halogens is 1. The van der Waals surface area contributed by atoms with E-state index in [2.05, 4.69) is 10.6 Å². The number of hydrogen-bond donors (Lipinski definition) is 2. The van der Waals surface area contributed by atoms with Crippen molar-refractivity contribution in [1.29, 1.82) is 0 Å². The van der Waals surface area contributed by atoms with Crippen molar-refractivity contribution in [3.05, 3.63) is 101 Å². The fourth-order valence-corrected chi connectivity index (χ4v) is 3.07. The zero-order valence-corrected chi connectivity index (χ0v) is 17.1. The summed E-state index contributed by atoms with van der Waals surface area (Å²) in [5.74, 6) is -0.692. The molecule has 2 amide bonds. The first-order valence-corrected chi connectivity index (χ1v) is 9.92. The summed E-state index contributed by atoms with van der Waals surface area (Å²) >= 11 is 0. The third-order valence-corrected chi connectivity index (χ3v) is 4.91. The second-order valence-corrected chi connectivity index (χ2v) is 7.36. The first kappa shape index (κ1) is 21.2. The van der Waals surface area contributed by atoms with Gasteiger partial charge in [-0.3, -0.25) is 9.59 Å². The molecule has 5 heteroatoms. The number of rotatable bonds is 7. The molecule has 3 rings (SSSR count). The van der Waals surface area contributed by atoms with E-state index in [1.54, 1.807) is 12.1 Å². The molecule has 0 saturated carbocycles. The van der Waals surface area contributed by atoms with Crippen molar-refractivity contribution in [3.63, 3.8) is 0 Å². The second-order valence-electron chi connectivity index (χ2n) is 7.36. The fourth-order valence-electron chi connectivity index (χ4n) is 3.07. The minimum atomic E-state index is -0.384. The molecule has 0 bridgehead atoms. The van der Waals surface area contributed by atoms with Crippen LogP contribution in [0.25, 0.3) is 0 Å². The highest BCUT2D eigenvalue weighted by Crippen LogP contribution is 2.17. The van der Waals surface area contributed by atoms with E-state index in [1.165, 1.54) is 29.8 Å². The molecule has 0 aliphatic carbocycles. The quantitative estimate of drug-likeness (QED) is 0.569. The Labute approximate surface area is 176 Å². The second kappa shape index (κ2) is 9.83. The molecule has 0 aromatic heterocycles. The van der Waals surface area contributed by atoms with Crippen LogP contribution in [0.3, 0.4) is 0 Å². The highest BCUT2D eigenvalue weighted by atomic mass is 19.1. The number of carbonyl (C=O) groups excluding carboxylic acids is 2. The van der Waals surface area contributed by atoms with Gasteiger partial charge in [-0.25, -0.2) is 4.39 Å². The highest BCUT2D eigenvalue weighted by Gasteiger charge is 2.11. The molecular weight excluding hydrogens is 379 g/mol. The number of benzene rings is 3. The van der Waals surface area contributed by atoms with Crippen LogP contribution in [0, 0.1) is 12.7 Å². The van der Waals surface area contributed by atoms with Gasteiger partial charge in [-0.2, -0.15) is 0 Å². The molecule has 0 radical (unpaired) electrons. The normalized spacial score (nSPS) is 11.6. The van der Waals surface area contributed by atoms with Crippen LogP contribution in [-0.4, -0.2) is 11.8 Å². The van der Waals surface area contributed by atoms with Crippen LogP contribution in [0.5, 0.6) is 0 Å². The molecule has 1 atom stereocenters. The van der Waals surface area contributed by atoms with Crippen molar-refractivity contribution in [3.8, 4) is 0 Å². The van der Waals surface area contributed by atoms with Gasteiger partial charge in [-0.1, -0.05) is 42.0 Å². The minimum Gasteiger partial charge on any atom is -0.350 e. The van der Waals surface area contributed by atoms with Crippen LogP contribution in [-0.2, 0) is 11.2 Å². The van der Waals surface area contributed by atoms with Crippen LogP contribution in [0.2, 0.25) is 0 Å². The lowest BCUT2D eigenvalue weighted by Crippen LogP contribution is -2.26. The van der Waals surface area contributed by atoms with Crippen LogP contribution >= 0.6 is 0 Å². The van der Waals surface area contributed by atoms with Gasteiger partial charge in [0.15, 0.2) is 0 Å². The van der Waals surface area contributed by atoms with Crippen molar-refractivity contribution >= 4 is 17.5 Å². The van der Waals surface area contributed by atoms with Crippen molar-refractivity contribution in [1.82, 2.24) is 5.32 Å². The number of amides is 2. The van der Waals surface area contributed by atoms with Gasteiger partial charge in [0.1, 0.15) is 5.82 Å². The van der Waals surface area contributed by atoms with Crippen LogP contribution in [0.4, 0.5) is 10.1 Å². The van der Waals surface area contributed by atoms with Gasteiger partial charge in [-0.05, 0) is 67.8 Å². The van der Waals surface area contributed by atoms with Crippen molar-refractivity contribution in [2.45, 2.75) is 32.7 Å². The summed E-state index contributed by atoms with van der Waals surface area (Å²) in [7, 11) is 0. The zero-order chi connectivity index (χ0) is 21.5. The largest absolute Gasteiger partial charge is 0.350 e. The predicted molar refractivity (Wildman–Crippen MR) is 117 cm³/mol. The predicted octanol–water partition coefficient (Wildman–Crippen LogP) is 5.20. The Morgan fingerprint density at radius 1 is 0.900 bits per heavy atom. The molecule has 154 valence electrons. The van der Waals surface area contributed by atoms with Gasteiger partial charge in [0, 0.05) is 17.7 Å². The number of nitrogens with one attached hydrogen (secondary N) is 2. The zero-order valence-electron chi connectivity index (χ0n) is 17.1. The Kier molecular flexibility index (Phi) is 6.96. The Bertz CT molecular complexity index is 997. The maximum absolute atomic E-state index is 13.0. The molecule has 30 heavy (non-hydrogen) atoms. The molecule has 1 unspecified atom stereocenters. The van der Waals surface area contributed by atoms with Gasteiger partial charge in [0.25, 0.3) is 5.91 Å². The summed E-state index contributed by atoms with van der Waals surface area (Å²) < 4.78 is 13.0. The van der Waals surface area contributed by atoms with E-state index in [0.29, 0.717) is 24.1 Å². The van der Waals surface area contributed by atoms with Crippen molar-refractivity contribution < 1.29 is 14.0 Å². The summed E-state index contributed by atoms with van der Waals surface area (Å²) in [5.41, 5.74) is 4.30. The first-order chi connectivity index (χ1) is 14.4. The van der Waals surface area contributed by atoms with Crippen molar-refractivity contribution in [2.75, 3.05) is 5.32 Å². The molecule has 0 saturated heterocycles. The van der Waals surface area contributed by atoms with E-state index in [1.807, 2.05) is 50.2 Å². The van der Waals surface area contributed by atoms with E-state index < -0.39 is 0 Å². The Balaban J connectivity index is 1.50. The third-order valence-electron chi connectivity index (χ3n) is 4.91. The van der Waals surface area contributed by atoms with E-state index >= 15 is 0 Å². The number of anilines is 1. The molecule has 0 aliphatic rings. The minimum absolute atomic E-state index is 0.00300. The standard InChI is InChI=1S/C25H25FN2O2/c1-17-3-5-19(6-4-17)7-16-24(29)27-18(2)20-10-14-23(15-11-20)28-25(30)21-8-12-22(26)13-9-21/h3-6,8-15,18H,7,16H2,1-2H3,(H,27,29)(H,28,30). The van der Waals surface area contributed by atoms with E-state index in [0.717, 1.165) is 11.1 Å². The summed E-state index contributed by atoms with van der Waals surface area (Å²) in [4.78, 5) is 24.5. The summed E-state index contributed by atoms with van der Waals surface area (Å²) in [5, 5.41) is 5.79. The third kappa shape index (κ3) is 6.01. The van der Waals surface area contributed by atoms with Crippen LogP contribution < -0.4 is 10.6 Å². The van der Waals surface area contributed by atoms with E-state index in [-0.39, 0.29) is 23.7 Å². The molecule has 0 heterocycles. The lowest BCUT2D eigenvalue weighted by Gasteiger charge is -2.15. The van der Waals surface area contributed by atoms with Gasteiger partial charge in [-0.15, -0.1) is 0 Å². The summed E-state index contributed by atoms with van der Waals surface area (Å²) in [6.07, 6.45) is 1.13. The Hall–Kier alpha value is -3.47. The molecule has 3 aromatic rings. The van der Waals surface area contributed by atoms with E-state index in [4.69, 9.17) is 0 Å². The lowest BCUT2D eigenvalue weighted by molar-refractivity contribution is -0.121. The molecule has 0 fully saturated rings. The molecule has 0 spiro atoms. The van der Waals surface area contributed by atoms with Gasteiger partial charge >= 0.3 is 0 Å². The average molecular weight is 404 g/mol. The van der Waals surface area contributed by atoms with E-state index in [9.17, 15) is 14.0 Å². The van der Waals surface area contributed by atoms with Gasteiger partial charge < -0.3 is 10.6 Å². The number of carbonyl (C=O) groups is 2. The molecular formula is C25H25FN2O2. The van der Waals surface area contributed by atoms with Crippen LogP contribution in [0.15, 0.2) is 72.8 Å². The Morgan fingerprint density at radius 3 is 2.17 bits per heavy atom. The maximum atomic E-state index is 13.0. The summed E-state index contributed by atoms with van der Waals surface area (Å²) in [6, 6.07) is 20.7.